The first-order chi connectivity index (χ1) is 15.3. The van der Waals surface area contributed by atoms with Gasteiger partial charge in [0.05, 0.1) is 4.90 Å². The van der Waals surface area contributed by atoms with E-state index in [4.69, 9.17) is 4.74 Å². The molecule has 3 aromatic carbocycles. The summed E-state index contributed by atoms with van der Waals surface area (Å²) in [6.07, 6.45) is 7.35. The molecule has 0 radical (unpaired) electrons. The minimum Gasteiger partial charge on any atom is -0.507 e. The molecule has 2 aliphatic carbocycles. The average Bonchev–Trinajstić information content (AvgIpc) is 3.24. The number of phenolic OH excluding ortho intramolecular Hbond substituents is 1. The lowest BCUT2D eigenvalue weighted by atomic mass is 9.58. The number of ether oxygens (including phenoxy) is 1. The molecule has 32 heavy (non-hydrogen) atoms. The van der Waals surface area contributed by atoms with E-state index in [1.54, 1.807) is 11.8 Å². The first-order valence-corrected chi connectivity index (χ1v) is 13.0. The zero-order valence-corrected chi connectivity index (χ0v) is 20.4. The maximum Gasteiger partial charge on any atom is 0.153 e. The van der Waals surface area contributed by atoms with Crippen LogP contribution in [0.5, 0.6) is 11.5 Å². The van der Waals surface area contributed by atoms with Gasteiger partial charge in [-0.05, 0) is 90.8 Å². The van der Waals surface area contributed by atoms with E-state index in [0.29, 0.717) is 11.2 Å². The van der Waals surface area contributed by atoms with Gasteiger partial charge >= 0.3 is 0 Å². The Bertz CT molecular complexity index is 1240. The van der Waals surface area contributed by atoms with Gasteiger partial charge in [-0.3, -0.25) is 0 Å². The van der Waals surface area contributed by atoms with Gasteiger partial charge in [-0.2, -0.15) is 0 Å². The Morgan fingerprint density at radius 3 is 2.34 bits per heavy atom. The SMILES string of the molecule is CCC1(CC)CCC2(CC1)c1ccccc1-c1c2cc(O)c2cc3c(cc12)OC(C)(C)S3. The van der Waals surface area contributed by atoms with E-state index in [-0.39, 0.29) is 10.3 Å². The fraction of sp³-hybridized carbons (Fsp3) is 0.448. The van der Waals surface area contributed by atoms with Gasteiger partial charge in [0.2, 0.25) is 0 Å². The topological polar surface area (TPSA) is 29.5 Å². The van der Waals surface area contributed by atoms with Gasteiger partial charge in [0, 0.05) is 10.8 Å². The van der Waals surface area contributed by atoms with Gasteiger partial charge in [0.15, 0.2) is 4.93 Å². The van der Waals surface area contributed by atoms with E-state index in [0.717, 1.165) is 34.3 Å². The standard InChI is InChI=1S/C29H32O2S/c1-5-28(6-2)11-13-29(14-12-28)21-10-8-7-9-18(21)26-20-15-24-25(32-27(3,4)31-24)16-19(20)23(30)17-22(26)29/h7-10,15-17,30H,5-6,11-14H2,1-4H3. The first kappa shape index (κ1) is 20.5. The van der Waals surface area contributed by atoms with Gasteiger partial charge in [-0.1, -0.05) is 62.7 Å². The lowest BCUT2D eigenvalue weighted by Crippen LogP contribution is -2.36. The van der Waals surface area contributed by atoms with E-state index in [9.17, 15) is 5.11 Å². The lowest BCUT2D eigenvalue weighted by molar-refractivity contribution is 0.133. The number of hydrogen-bond donors (Lipinski definition) is 1. The van der Waals surface area contributed by atoms with E-state index in [1.165, 1.54) is 47.9 Å². The summed E-state index contributed by atoms with van der Waals surface area (Å²) in [5.74, 6) is 1.35. The molecule has 3 heteroatoms. The molecule has 3 aliphatic rings. The summed E-state index contributed by atoms with van der Waals surface area (Å²) in [6.45, 7) is 8.92. The van der Waals surface area contributed by atoms with Crippen LogP contribution in [0.15, 0.2) is 47.4 Å². The van der Waals surface area contributed by atoms with Gasteiger partial charge in [0.25, 0.3) is 0 Å². The fourth-order valence-corrected chi connectivity index (χ4v) is 7.79. The zero-order chi connectivity index (χ0) is 22.3. The summed E-state index contributed by atoms with van der Waals surface area (Å²) < 4.78 is 6.26. The Balaban J connectivity index is 1.60. The van der Waals surface area contributed by atoms with Crippen LogP contribution in [-0.4, -0.2) is 10.0 Å². The Kier molecular flexibility index (Phi) is 4.28. The quantitative estimate of drug-likeness (QED) is 0.430. The Morgan fingerprint density at radius 2 is 1.62 bits per heavy atom. The van der Waals surface area contributed by atoms with Crippen LogP contribution in [0.3, 0.4) is 0 Å². The highest BCUT2D eigenvalue weighted by atomic mass is 32.2. The summed E-state index contributed by atoms with van der Waals surface area (Å²) in [5, 5.41) is 13.3. The average molecular weight is 445 g/mol. The van der Waals surface area contributed by atoms with E-state index in [1.807, 2.05) is 0 Å². The molecule has 3 aromatic rings. The van der Waals surface area contributed by atoms with Crippen molar-refractivity contribution < 1.29 is 9.84 Å². The second kappa shape index (κ2) is 6.70. The molecule has 166 valence electrons. The van der Waals surface area contributed by atoms with Crippen LogP contribution >= 0.6 is 11.8 Å². The highest BCUT2D eigenvalue weighted by molar-refractivity contribution is 8.00. The smallest absolute Gasteiger partial charge is 0.153 e. The number of thioether (sulfide) groups is 1. The van der Waals surface area contributed by atoms with Gasteiger partial charge in [0.1, 0.15) is 11.5 Å². The third-order valence-corrected chi connectivity index (χ3v) is 9.90. The van der Waals surface area contributed by atoms with Crippen molar-refractivity contribution in [2.75, 3.05) is 0 Å². The van der Waals surface area contributed by atoms with Crippen LogP contribution in [0.25, 0.3) is 21.9 Å². The molecular weight excluding hydrogens is 412 g/mol. The van der Waals surface area contributed by atoms with Crippen molar-refractivity contribution in [2.24, 2.45) is 5.41 Å². The Labute approximate surface area is 195 Å². The zero-order valence-electron chi connectivity index (χ0n) is 19.5. The number of hydrogen-bond acceptors (Lipinski definition) is 3. The minimum absolute atomic E-state index is 0.0132. The van der Waals surface area contributed by atoms with Crippen LogP contribution in [0, 0.1) is 5.41 Å². The van der Waals surface area contributed by atoms with Crippen LogP contribution in [0.4, 0.5) is 0 Å². The van der Waals surface area contributed by atoms with Crippen LogP contribution in [0.1, 0.15) is 77.3 Å². The lowest BCUT2D eigenvalue weighted by Gasteiger charge is -2.45. The third-order valence-electron chi connectivity index (χ3n) is 8.78. The molecule has 0 amide bonds. The monoisotopic (exact) mass is 444 g/mol. The maximum absolute atomic E-state index is 11.2. The highest BCUT2D eigenvalue weighted by Crippen LogP contribution is 2.62. The van der Waals surface area contributed by atoms with Crippen LogP contribution in [-0.2, 0) is 5.41 Å². The summed E-state index contributed by atoms with van der Waals surface area (Å²) in [6, 6.07) is 15.4. The molecule has 1 aliphatic heterocycles. The van der Waals surface area contributed by atoms with Crippen molar-refractivity contribution in [1.82, 2.24) is 0 Å². The van der Waals surface area contributed by atoms with Crippen LogP contribution in [0.2, 0.25) is 0 Å². The van der Waals surface area contributed by atoms with Gasteiger partial charge in [-0.15, -0.1) is 0 Å². The highest BCUT2D eigenvalue weighted by Gasteiger charge is 2.49. The molecule has 0 atom stereocenters. The Morgan fingerprint density at radius 1 is 0.906 bits per heavy atom. The molecule has 1 fully saturated rings. The van der Waals surface area contributed by atoms with E-state index >= 15 is 0 Å². The predicted molar refractivity (Wildman–Crippen MR) is 134 cm³/mol. The van der Waals surface area contributed by atoms with Crippen molar-refractivity contribution in [2.45, 2.75) is 81.5 Å². The molecule has 0 bridgehead atoms. The second-order valence-corrected chi connectivity index (χ2v) is 12.2. The van der Waals surface area contributed by atoms with Crippen molar-refractivity contribution in [3.05, 3.63) is 53.6 Å². The molecule has 0 aromatic heterocycles. The van der Waals surface area contributed by atoms with Crippen LogP contribution < -0.4 is 4.74 Å². The molecular formula is C29H32O2S. The van der Waals surface area contributed by atoms with Gasteiger partial charge < -0.3 is 9.84 Å². The third kappa shape index (κ3) is 2.67. The van der Waals surface area contributed by atoms with Crippen molar-refractivity contribution in [1.29, 1.82) is 0 Å². The second-order valence-electron chi connectivity index (χ2n) is 10.6. The van der Waals surface area contributed by atoms with E-state index < -0.39 is 0 Å². The number of aromatic hydroxyl groups is 1. The minimum atomic E-state index is -0.273. The molecule has 0 saturated heterocycles. The van der Waals surface area contributed by atoms with Crippen molar-refractivity contribution in [3.8, 4) is 22.6 Å². The number of fused-ring (bicyclic) bond motifs is 8. The summed E-state index contributed by atoms with van der Waals surface area (Å²) in [4.78, 5) is 0.844. The molecule has 1 spiro atoms. The van der Waals surface area contributed by atoms with E-state index in [2.05, 4.69) is 70.2 Å². The molecule has 1 saturated carbocycles. The van der Waals surface area contributed by atoms with Crippen molar-refractivity contribution in [3.63, 3.8) is 0 Å². The summed E-state index contributed by atoms with van der Waals surface area (Å²) in [5.41, 5.74) is 5.93. The number of phenols is 1. The predicted octanol–water partition coefficient (Wildman–Crippen LogP) is 8.41. The molecule has 1 heterocycles. The van der Waals surface area contributed by atoms with Crippen molar-refractivity contribution >= 4 is 22.5 Å². The molecule has 2 nitrogen and oxygen atoms in total. The van der Waals surface area contributed by atoms with Gasteiger partial charge in [-0.25, -0.2) is 0 Å². The first-order valence-electron chi connectivity index (χ1n) is 12.1. The summed E-state index contributed by atoms with van der Waals surface area (Å²) >= 11 is 1.73. The number of benzene rings is 3. The fourth-order valence-electron chi connectivity index (χ4n) is 6.75. The maximum atomic E-state index is 11.2. The number of rotatable bonds is 2. The molecule has 6 rings (SSSR count). The molecule has 0 unspecified atom stereocenters. The largest absolute Gasteiger partial charge is 0.507 e. The summed E-state index contributed by atoms with van der Waals surface area (Å²) in [7, 11) is 0. The normalized spacial score (nSPS) is 21.2. The Hall–Kier alpha value is -2.13. The molecule has 1 N–H and O–H groups in total.